The minimum Gasteiger partial charge on any atom is -0.457 e. The fourth-order valence-corrected chi connectivity index (χ4v) is 6.20. The van der Waals surface area contributed by atoms with E-state index >= 15 is 0 Å². The van der Waals surface area contributed by atoms with Crippen molar-refractivity contribution in [3.05, 3.63) is 24.3 Å². The zero-order chi connectivity index (χ0) is 35.2. The van der Waals surface area contributed by atoms with Gasteiger partial charge in [-0.15, -0.1) is 0 Å². The molecule has 0 rings (SSSR count). The second-order valence-electron chi connectivity index (χ2n) is 13.1. The Balaban J connectivity index is 4.02. The molecular formula is C39H76NO7P. The molecule has 0 heterocycles. The molecule has 0 aromatic rings. The van der Waals surface area contributed by atoms with Crippen LogP contribution in [0.4, 0.5) is 0 Å². The van der Waals surface area contributed by atoms with E-state index in [-0.39, 0.29) is 32.3 Å². The molecule has 0 spiro atoms. The molecule has 2 unspecified atom stereocenters. The lowest BCUT2D eigenvalue weighted by atomic mass is 10.1. The van der Waals surface area contributed by atoms with Crippen molar-refractivity contribution in [1.29, 1.82) is 0 Å². The number of phosphoric ester groups is 1. The van der Waals surface area contributed by atoms with Gasteiger partial charge in [0.05, 0.1) is 19.8 Å². The van der Waals surface area contributed by atoms with E-state index in [0.717, 1.165) is 38.5 Å². The van der Waals surface area contributed by atoms with Gasteiger partial charge in [0, 0.05) is 19.6 Å². The predicted molar refractivity (Wildman–Crippen MR) is 201 cm³/mol. The van der Waals surface area contributed by atoms with Gasteiger partial charge >= 0.3 is 13.8 Å². The van der Waals surface area contributed by atoms with E-state index in [1.165, 1.54) is 122 Å². The largest absolute Gasteiger partial charge is 0.472 e. The van der Waals surface area contributed by atoms with Crippen LogP contribution in [0.3, 0.4) is 0 Å². The number of allylic oxidation sites excluding steroid dienone is 4. The van der Waals surface area contributed by atoms with Crippen molar-refractivity contribution in [2.75, 3.05) is 33.0 Å². The fraction of sp³-hybridized carbons (Fsp3) is 0.872. The molecule has 8 nitrogen and oxygen atoms in total. The molecule has 0 saturated carbocycles. The molecule has 0 aliphatic rings. The number of esters is 1. The van der Waals surface area contributed by atoms with Crippen molar-refractivity contribution in [3.8, 4) is 0 Å². The van der Waals surface area contributed by atoms with Crippen LogP contribution >= 0.6 is 7.82 Å². The molecule has 0 radical (unpaired) electrons. The van der Waals surface area contributed by atoms with Crippen LogP contribution in [0.5, 0.6) is 0 Å². The molecule has 0 fully saturated rings. The second-order valence-corrected chi connectivity index (χ2v) is 14.6. The van der Waals surface area contributed by atoms with E-state index in [9.17, 15) is 14.3 Å². The van der Waals surface area contributed by atoms with Gasteiger partial charge in [0.1, 0.15) is 6.10 Å². The molecule has 9 heteroatoms. The van der Waals surface area contributed by atoms with Crippen molar-refractivity contribution >= 4 is 13.8 Å². The summed E-state index contributed by atoms with van der Waals surface area (Å²) in [6.07, 6.45) is 39.0. The maximum absolute atomic E-state index is 12.5. The monoisotopic (exact) mass is 702 g/mol. The van der Waals surface area contributed by atoms with Gasteiger partial charge in [-0.1, -0.05) is 154 Å². The normalized spacial score (nSPS) is 13.8. The Morgan fingerprint density at radius 3 is 1.67 bits per heavy atom. The Morgan fingerprint density at radius 2 is 1.10 bits per heavy atom. The minimum atomic E-state index is -4.27. The van der Waals surface area contributed by atoms with Gasteiger partial charge in [-0.05, 0) is 44.9 Å². The first-order valence-electron chi connectivity index (χ1n) is 19.8. The Labute approximate surface area is 296 Å². The highest BCUT2D eigenvalue weighted by atomic mass is 31.2. The van der Waals surface area contributed by atoms with Crippen LogP contribution in [-0.2, 0) is 27.9 Å². The fourth-order valence-electron chi connectivity index (χ4n) is 5.44. The maximum Gasteiger partial charge on any atom is 0.472 e. The van der Waals surface area contributed by atoms with Crippen LogP contribution in [0.25, 0.3) is 0 Å². The molecule has 0 bridgehead atoms. The summed E-state index contributed by atoms with van der Waals surface area (Å²) in [5.74, 6) is -0.334. The Hall–Kier alpha value is -1.02. The SMILES string of the molecule is CCCCC/C=C\C/C=C\CCCCCCCCCCCC(=O)OC(COCCCCCCCCCCCC)COP(=O)(O)OCCN. The van der Waals surface area contributed by atoms with Gasteiger partial charge in [0.15, 0.2) is 0 Å². The first-order chi connectivity index (χ1) is 23.4. The zero-order valence-electron chi connectivity index (χ0n) is 31.2. The summed E-state index contributed by atoms with van der Waals surface area (Å²) in [6, 6.07) is 0. The summed E-state index contributed by atoms with van der Waals surface area (Å²) < 4.78 is 33.3. The molecule has 284 valence electrons. The van der Waals surface area contributed by atoms with Gasteiger partial charge in [0.25, 0.3) is 0 Å². The van der Waals surface area contributed by atoms with Crippen LogP contribution in [-0.4, -0.2) is 49.9 Å². The molecule has 0 aromatic heterocycles. The summed E-state index contributed by atoms with van der Waals surface area (Å²) >= 11 is 0. The summed E-state index contributed by atoms with van der Waals surface area (Å²) in [4.78, 5) is 22.4. The number of carbonyl (C=O) groups is 1. The van der Waals surface area contributed by atoms with Crippen LogP contribution in [0.15, 0.2) is 24.3 Å². The second kappa shape index (κ2) is 37.2. The number of unbranched alkanes of at least 4 members (excludes halogenated alkanes) is 21. The van der Waals surface area contributed by atoms with Crippen LogP contribution in [0.1, 0.15) is 181 Å². The van der Waals surface area contributed by atoms with E-state index in [2.05, 4.69) is 38.2 Å². The maximum atomic E-state index is 12.5. The number of nitrogens with two attached hydrogens (primary N) is 1. The minimum absolute atomic E-state index is 0.0946. The summed E-state index contributed by atoms with van der Waals surface area (Å²) in [6.45, 7) is 4.90. The Morgan fingerprint density at radius 1 is 0.625 bits per heavy atom. The number of carbonyl (C=O) groups excluding carboxylic acids is 1. The van der Waals surface area contributed by atoms with Gasteiger partial charge in [0.2, 0.25) is 0 Å². The molecule has 0 amide bonds. The lowest BCUT2D eigenvalue weighted by molar-refractivity contribution is -0.154. The molecule has 48 heavy (non-hydrogen) atoms. The van der Waals surface area contributed by atoms with E-state index in [1.807, 2.05) is 0 Å². The molecule has 2 atom stereocenters. The van der Waals surface area contributed by atoms with Crippen molar-refractivity contribution in [3.63, 3.8) is 0 Å². The topological polar surface area (TPSA) is 117 Å². The van der Waals surface area contributed by atoms with Crippen molar-refractivity contribution in [2.45, 2.75) is 187 Å². The number of rotatable bonds is 38. The van der Waals surface area contributed by atoms with Crippen molar-refractivity contribution in [2.24, 2.45) is 5.73 Å². The molecule has 0 aliphatic heterocycles. The summed E-state index contributed by atoms with van der Waals surface area (Å²) in [5.41, 5.74) is 5.35. The number of hydrogen-bond donors (Lipinski definition) is 2. The van der Waals surface area contributed by atoms with Crippen LogP contribution in [0, 0.1) is 0 Å². The molecule has 0 saturated heterocycles. The Kier molecular flexibility index (Phi) is 36.4. The first kappa shape index (κ1) is 47.0. The van der Waals surface area contributed by atoms with Crippen LogP contribution in [0.2, 0.25) is 0 Å². The quantitative estimate of drug-likeness (QED) is 0.0283. The first-order valence-corrected chi connectivity index (χ1v) is 21.3. The van der Waals surface area contributed by atoms with E-state index in [1.54, 1.807) is 0 Å². The van der Waals surface area contributed by atoms with E-state index in [0.29, 0.717) is 13.0 Å². The average Bonchev–Trinajstić information content (AvgIpc) is 3.07. The van der Waals surface area contributed by atoms with Crippen molar-refractivity contribution < 1.29 is 32.8 Å². The van der Waals surface area contributed by atoms with Gasteiger partial charge in [-0.25, -0.2) is 4.57 Å². The lowest BCUT2D eigenvalue weighted by Gasteiger charge is -2.20. The number of ether oxygens (including phenoxy) is 2. The molecule has 0 aromatic carbocycles. The van der Waals surface area contributed by atoms with Crippen LogP contribution < -0.4 is 5.73 Å². The third kappa shape index (κ3) is 36.3. The van der Waals surface area contributed by atoms with Gasteiger partial charge in [-0.3, -0.25) is 13.8 Å². The standard InChI is InChI=1S/C39H76NO7P/c1-3-5-7-9-11-13-15-16-17-18-19-20-21-22-23-24-26-28-30-32-39(41)47-38(37-46-48(42,43)45-35-33-40)36-44-34-31-29-27-25-14-12-10-8-6-4-2/h11,13,16-17,38H,3-10,12,14-15,18-37,40H2,1-2H3,(H,42,43)/b13-11-,17-16-. The summed E-state index contributed by atoms with van der Waals surface area (Å²) in [7, 11) is -4.27. The Bertz CT molecular complexity index is 792. The smallest absolute Gasteiger partial charge is 0.457 e. The molecular weight excluding hydrogens is 625 g/mol. The highest BCUT2D eigenvalue weighted by Crippen LogP contribution is 2.43. The van der Waals surface area contributed by atoms with E-state index < -0.39 is 13.9 Å². The van der Waals surface area contributed by atoms with Gasteiger partial charge in [-0.2, -0.15) is 0 Å². The number of hydrogen-bond acceptors (Lipinski definition) is 7. The third-order valence-corrected chi connectivity index (χ3v) is 9.36. The predicted octanol–water partition coefficient (Wildman–Crippen LogP) is 11.3. The molecule has 3 N–H and O–H groups in total. The van der Waals surface area contributed by atoms with Crippen molar-refractivity contribution in [1.82, 2.24) is 0 Å². The summed E-state index contributed by atoms with van der Waals surface area (Å²) in [5, 5.41) is 0. The third-order valence-electron chi connectivity index (χ3n) is 8.37. The molecule has 0 aliphatic carbocycles. The zero-order valence-corrected chi connectivity index (χ0v) is 32.1. The van der Waals surface area contributed by atoms with Gasteiger partial charge < -0.3 is 20.1 Å². The highest BCUT2D eigenvalue weighted by molar-refractivity contribution is 7.47. The highest BCUT2D eigenvalue weighted by Gasteiger charge is 2.25. The number of phosphoric acid groups is 1. The van der Waals surface area contributed by atoms with E-state index in [4.69, 9.17) is 24.3 Å². The average molecular weight is 702 g/mol. The lowest BCUT2D eigenvalue weighted by Crippen LogP contribution is -2.28.